The Balaban J connectivity index is 2.19. The maximum atomic E-state index is 12.7. The molecule has 0 radical (unpaired) electrons. The second kappa shape index (κ2) is 7.59. The lowest BCUT2D eigenvalue weighted by molar-refractivity contribution is -0.151. The highest BCUT2D eigenvalue weighted by molar-refractivity contribution is 5.88. The predicted molar refractivity (Wildman–Crippen MR) is 90.6 cm³/mol. The zero-order valence-electron chi connectivity index (χ0n) is 14.9. The Morgan fingerprint density at radius 1 is 1.29 bits per heavy atom. The Labute approximate surface area is 142 Å². The molecule has 24 heavy (non-hydrogen) atoms. The lowest BCUT2D eigenvalue weighted by Crippen LogP contribution is -2.58. The van der Waals surface area contributed by atoms with Gasteiger partial charge in [-0.1, -0.05) is 19.8 Å². The number of unbranched alkanes of at least 4 members (excludes halogenated alkanes) is 1. The summed E-state index contributed by atoms with van der Waals surface area (Å²) in [5.74, 6) is -0.251. The number of nitrogens with zero attached hydrogens (tertiary/aromatic N) is 4. The van der Waals surface area contributed by atoms with Crippen LogP contribution in [0.1, 0.15) is 37.4 Å². The second-order valence-electron chi connectivity index (χ2n) is 6.41. The van der Waals surface area contributed by atoms with Gasteiger partial charge in [0.15, 0.2) is 0 Å². The van der Waals surface area contributed by atoms with Crippen molar-refractivity contribution in [3.8, 4) is 0 Å². The molecule has 2 amide bonds. The summed E-state index contributed by atoms with van der Waals surface area (Å²) in [6, 6.07) is 1.05. The summed E-state index contributed by atoms with van der Waals surface area (Å²) >= 11 is 0. The minimum absolute atomic E-state index is 0.0246. The summed E-state index contributed by atoms with van der Waals surface area (Å²) in [6.07, 6.45) is 2.50. The Morgan fingerprint density at radius 3 is 2.67 bits per heavy atom. The van der Waals surface area contributed by atoms with E-state index in [-0.39, 0.29) is 23.9 Å². The normalized spacial score (nSPS) is 18.2. The topological polar surface area (TPSA) is 75.5 Å². The molecule has 1 atom stereocenters. The highest BCUT2D eigenvalue weighted by Gasteiger charge is 2.35. The van der Waals surface area contributed by atoms with Crippen molar-refractivity contribution in [2.24, 2.45) is 0 Å². The van der Waals surface area contributed by atoms with Gasteiger partial charge in [-0.25, -0.2) is 4.68 Å². The predicted octanol–water partition coefficient (Wildman–Crippen LogP) is 0.720. The van der Waals surface area contributed by atoms with Crippen LogP contribution in [0, 0.1) is 13.8 Å². The van der Waals surface area contributed by atoms with E-state index in [4.69, 9.17) is 0 Å². The first-order valence-electron chi connectivity index (χ1n) is 8.45. The van der Waals surface area contributed by atoms with Gasteiger partial charge in [-0.15, -0.1) is 0 Å². The van der Waals surface area contributed by atoms with E-state index in [0.717, 1.165) is 24.1 Å². The molecular formula is C17H26N4O3. The average molecular weight is 334 g/mol. The van der Waals surface area contributed by atoms with Crippen LogP contribution in [-0.4, -0.2) is 57.6 Å². The van der Waals surface area contributed by atoms with Crippen molar-refractivity contribution in [2.75, 3.05) is 20.1 Å². The molecule has 0 bridgehead atoms. The summed E-state index contributed by atoms with van der Waals surface area (Å²) in [7, 11) is 1.76. The van der Waals surface area contributed by atoms with E-state index in [2.05, 4.69) is 12.0 Å². The smallest absolute Gasteiger partial charge is 0.267 e. The van der Waals surface area contributed by atoms with Gasteiger partial charge in [0.25, 0.3) is 5.56 Å². The highest BCUT2D eigenvalue weighted by Crippen LogP contribution is 2.16. The van der Waals surface area contributed by atoms with Gasteiger partial charge >= 0.3 is 0 Å². The van der Waals surface area contributed by atoms with E-state index >= 15 is 0 Å². The maximum absolute atomic E-state index is 12.7. The third-order valence-electron chi connectivity index (χ3n) is 4.59. The first-order chi connectivity index (χ1) is 11.3. The summed E-state index contributed by atoms with van der Waals surface area (Å²) in [4.78, 5) is 40.4. The molecule has 0 aliphatic carbocycles. The van der Waals surface area contributed by atoms with Crippen molar-refractivity contribution in [3.05, 3.63) is 27.7 Å². The Morgan fingerprint density at radius 2 is 2.00 bits per heavy atom. The van der Waals surface area contributed by atoms with E-state index in [1.165, 1.54) is 10.7 Å². The van der Waals surface area contributed by atoms with E-state index in [9.17, 15) is 14.4 Å². The number of carbonyl (C=O) groups is 2. The summed E-state index contributed by atoms with van der Waals surface area (Å²) in [5, 5.41) is 4.19. The molecule has 1 fully saturated rings. The summed E-state index contributed by atoms with van der Waals surface area (Å²) in [5.41, 5.74) is 1.23. The maximum Gasteiger partial charge on any atom is 0.267 e. The number of aromatic nitrogens is 2. The Kier molecular flexibility index (Phi) is 5.75. The van der Waals surface area contributed by atoms with Crippen LogP contribution in [0.3, 0.4) is 0 Å². The van der Waals surface area contributed by atoms with Gasteiger partial charge in [-0.2, -0.15) is 5.10 Å². The largest absolute Gasteiger partial charge is 0.342 e. The molecule has 1 aromatic heterocycles. The molecule has 7 heteroatoms. The number of piperazine rings is 1. The van der Waals surface area contributed by atoms with Crippen LogP contribution in [0.15, 0.2) is 10.9 Å². The monoisotopic (exact) mass is 334 g/mol. The minimum atomic E-state index is -0.432. The first kappa shape index (κ1) is 18.2. The fourth-order valence-electron chi connectivity index (χ4n) is 2.89. The molecule has 0 aromatic carbocycles. The van der Waals surface area contributed by atoms with Crippen LogP contribution in [-0.2, 0) is 16.1 Å². The zero-order chi connectivity index (χ0) is 17.9. The van der Waals surface area contributed by atoms with Gasteiger partial charge in [0.1, 0.15) is 12.6 Å². The number of aryl methyl sites for hydroxylation is 2. The molecule has 0 saturated carbocycles. The van der Waals surface area contributed by atoms with E-state index < -0.39 is 6.04 Å². The number of likely N-dealkylation sites (N-methyl/N-ethyl adjacent to an activating group) is 1. The van der Waals surface area contributed by atoms with Gasteiger partial charge in [0.2, 0.25) is 11.8 Å². The van der Waals surface area contributed by atoms with Crippen molar-refractivity contribution >= 4 is 11.8 Å². The Hall–Kier alpha value is -2.18. The van der Waals surface area contributed by atoms with Crippen LogP contribution in [0.2, 0.25) is 0 Å². The molecule has 1 aliphatic heterocycles. The molecular weight excluding hydrogens is 308 g/mol. The fourth-order valence-corrected chi connectivity index (χ4v) is 2.89. The van der Waals surface area contributed by atoms with Crippen molar-refractivity contribution in [3.63, 3.8) is 0 Å². The first-order valence-corrected chi connectivity index (χ1v) is 8.45. The fraction of sp³-hybridized carbons (Fsp3) is 0.647. The van der Waals surface area contributed by atoms with Crippen LogP contribution in [0.4, 0.5) is 0 Å². The zero-order valence-corrected chi connectivity index (χ0v) is 14.9. The second-order valence-corrected chi connectivity index (χ2v) is 6.41. The average Bonchev–Trinajstić information content (AvgIpc) is 2.53. The van der Waals surface area contributed by atoms with E-state index in [1.807, 2.05) is 6.92 Å². The third-order valence-corrected chi connectivity index (χ3v) is 4.59. The lowest BCUT2D eigenvalue weighted by Gasteiger charge is -2.39. The molecule has 2 heterocycles. The standard InChI is InChI=1S/C17H26N4O3/c1-5-6-7-14-17(24)19(4)8-9-20(14)16(23)11-21-15(22)10-12(2)13(3)18-21/h10,14H,5-9,11H2,1-4H3. The van der Waals surface area contributed by atoms with Crippen LogP contribution in [0.5, 0.6) is 0 Å². The van der Waals surface area contributed by atoms with Gasteiger partial charge in [-0.05, 0) is 25.8 Å². The summed E-state index contributed by atoms with van der Waals surface area (Å²) in [6.45, 7) is 6.56. The van der Waals surface area contributed by atoms with Crippen molar-refractivity contribution in [1.29, 1.82) is 0 Å². The molecule has 7 nitrogen and oxygen atoms in total. The molecule has 2 rings (SSSR count). The van der Waals surface area contributed by atoms with Crippen molar-refractivity contribution in [1.82, 2.24) is 19.6 Å². The molecule has 0 N–H and O–H groups in total. The minimum Gasteiger partial charge on any atom is -0.342 e. The van der Waals surface area contributed by atoms with Crippen molar-refractivity contribution in [2.45, 2.75) is 52.6 Å². The SMILES string of the molecule is CCCCC1C(=O)N(C)CCN1C(=O)Cn1nc(C)c(C)cc1=O. The number of hydrogen-bond acceptors (Lipinski definition) is 4. The highest BCUT2D eigenvalue weighted by atomic mass is 16.2. The lowest BCUT2D eigenvalue weighted by atomic mass is 10.0. The number of carbonyl (C=O) groups excluding carboxylic acids is 2. The van der Waals surface area contributed by atoms with Crippen LogP contribution >= 0.6 is 0 Å². The van der Waals surface area contributed by atoms with Gasteiger partial charge in [-0.3, -0.25) is 14.4 Å². The molecule has 132 valence electrons. The molecule has 1 saturated heterocycles. The molecule has 0 spiro atoms. The molecule has 1 aromatic rings. The quantitative estimate of drug-likeness (QED) is 0.795. The third kappa shape index (κ3) is 3.83. The van der Waals surface area contributed by atoms with Gasteiger partial charge < -0.3 is 9.80 Å². The van der Waals surface area contributed by atoms with Gasteiger partial charge in [0, 0.05) is 26.2 Å². The molecule has 1 aliphatic rings. The van der Waals surface area contributed by atoms with Crippen LogP contribution < -0.4 is 5.56 Å². The van der Waals surface area contributed by atoms with Gasteiger partial charge in [0.05, 0.1) is 5.69 Å². The summed E-state index contributed by atoms with van der Waals surface area (Å²) < 4.78 is 1.18. The number of hydrogen-bond donors (Lipinski definition) is 0. The van der Waals surface area contributed by atoms with E-state index in [1.54, 1.807) is 23.8 Å². The van der Waals surface area contributed by atoms with Crippen molar-refractivity contribution < 1.29 is 9.59 Å². The van der Waals surface area contributed by atoms with E-state index in [0.29, 0.717) is 19.5 Å². The molecule has 1 unspecified atom stereocenters. The Bertz CT molecular complexity index is 683. The number of rotatable bonds is 5. The number of amides is 2. The van der Waals surface area contributed by atoms with Crippen LogP contribution in [0.25, 0.3) is 0 Å².